The fourth-order valence-electron chi connectivity index (χ4n) is 2.39. The second-order valence-electron chi connectivity index (χ2n) is 4.87. The van der Waals surface area contributed by atoms with E-state index in [4.69, 9.17) is 0 Å². The van der Waals surface area contributed by atoms with E-state index in [9.17, 15) is 14.7 Å². The van der Waals surface area contributed by atoms with Crippen molar-refractivity contribution in [3.05, 3.63) is 0 Å². The molecule has 0 aromatic heterocycles. The Labute approximate surface area is 94.6 Å². The average molecular weight is 226 g/mol. The SMILES string of the molecule is O=C(NCC1(C(=O)O)CCCC1)C1CNC1. The van der Waals surface area contributed by atoms with E-state index in [0.29, 0.717) is 25.9 Å². The van der Waals surface area contributed by atoms with Crippen molar-refractivity contribution in [3.63, 3.8) is 0 Å². The molecule has 0 radical (unpaired) electrons. The van der Waals surface area contributed by atoms with Gasteiger partial charge in [-0.15, -0.1) is 0 Å². The van der Waals surface area contributed by atoms with Gasteiger partial charge in [-0.1, -0.05) is 12.8 Å². The summed E-state index contributed by atoms with van der Waals surface area (Å²) in [5, 5.41) is 15.0. The van der Waals surface area contributed by atoms with Crippen LogP contribution in [-0.2, 0) is 9.59 Å². The second kappa shape index (κ2) is 4.41. The van der Waals surface area contributed by atoms with Gasteiger partial charge in [0, 0.05) is 19.6 Å². The standard InChI is InChI=1S/C11H18N2O3/c14-9(8-5-12-6-8)13-7-11(10(15)16)3-1-2-4-11/h8,12H,1-7H2,(H,13,14)(H,15,16). The molecule has 1 aliphatic heterocycles. The molecule has 90 valence electrons. The van der Waals surface area contributed by atoms with Crippen LogP contribution in [0.3, 0.4) is 0 Å². The van der Waals surface area contributed by atoms with Gasteiger partial charge in [0.25, 0.3) is 0 Å². The summed E-state index contributed by atoms with van der Waals surface area (Å²) in [6.45, 7) is 1.72. The predicted molar refractivity (Wildman–Crippen MR) is 57.9 cm³/mol. The summed E-state index contributed by atoms with van der Waals surface area (Å²) in [7, 11) is 0. The number of rotatable bonds is 4. The summed E-state index contributed by atoms with van der Waals surface area (Å²) in [5.74, 6) is -0.740. The Kier molecular flexibility index (Phi) is 3.14. The molecular formula is C11H18N2O3. The van der Waals surface area contributed by atoms with Crippen LogP contribution in [0.5, 0.6) is 0 Å². The minimum atomic E-state index is -0.767. The van der Waals surface area contributed by atoms with E-state index in [0.717, 1.165) is 12.8 Å². The summed E-state index contributed by atoms with van der Waals surface area (Å²) < 4.78 is 0. The van der Waals surface area contributed by atoms with Gasteiger partial charge in [-0.05, 0) is 12.8 Å². The maximum absolute atomic E-state index is 11.6. The highest BCUT2D eigenvalue weighted by Crippen LogP contribution is 2.37. The molecule has 5 heteroatoms. The topological polar surface area (TPSA) is 78.4 Å². The molecule has 16 heavy (non-hydrogen) atoms. The number of carboxylic acids is 1. The Morgan fingerprint density at radius 3 is 2.38 bits per heavy atom. The lowest BCUT2D eigenvalue weighted by atomic mass is 9.86. The molecule has 0 unspecified atom stereocenters. The van der Waals surface area contributed by atoms with Gasteiger partial charge < -0.3 is 15.7 Å². The lowest BCUT2D eigenvalue weighted by molar-refractivity contribution is -0.148. The molecule has 1 saturated carbocycles. The van der Waals surface area contributed by atoms with Crippen LogP contribution in [0, 0.1) is 11.3 Å². The van der Waals surface area contributed by atoms with Crippen molar-refractivity contribution in [1.29, 1.82) is 0 Å². The number of nitrogens with one attached hydrogen (secondary N) is 2. The summed E-state index contributed by atoms with van der Waals surface area (Å²) in [4.78, 5) is 22.8. The molecule has 1 saturated heterocycles. The minimum Gasteiger partial charge on any atom is -0.481 e. The van der Waals surface area contributed by atoms with Crippen LogP contribution < -0.4 is 10.6 Å². The van der Waals surface area contributed by atoms with Gasteiger partial charge in [0.05, 0.1) is 11.3 Å². The van der Waals surface area contributed by atoms with Crippen LogP contribution in [0.25, 0.3) is 0 Å². The molecule has 0 spiro atoms. The van der Waals surface area contributed by atoms with Crippen molar-refractivity contribution in [3.8, 4) is 0 Å². The highest BCUT2D eigenvalue weighted by molar-refractivity contribution is 5.81. The van der Waals surface area contributed by atoms with Crippen LogP contribution in [0.1, 0.15) is 25.7 Å². The number of hydrogen-bond acceptors (Lipinski definition) is 3. The van der Waals surface area contributed by atoms with Gasteiger partial charge in [-0.25, -0.2) is 0 Å². The zero-order chi connectivity index (χ0) is 11.6. The first-order valence-corrected chi connectivity index (χ1v) is 5.86. The van der Waals surface area contributed by atoms with Gasteiger partial charge in [-0.2, -0.15) is 0 Å². The lowest BCUT2D eigenvalue weighted by Gasteiger charge is -2.29. The number of carbonyl (C=O) groups excluding carboxylic acids is 1. The molecule has 5 nitrogen and oxygen atoms in total. The number of aliphatic carboxylic acids is 1. The molecule has 2 rings (SSSR count). The third kappa shape index (κ3) is 2.04. The van der Waals surface area contributed by atoms with Crippen molar-refractivity contribution < 1.29 is 14.7 Å². The first-order valence-electron chi connectivity index (χ1n) is 5.86. The number of carboxylic acid groups (broad SMARTS) is 1. The highest BCUT2D eigenvalue weighted by Gasteiger charge is 2.41. The Hall–Kier alpha value is -1.10. The molecule has 3 N–H and O–H groups in total. The Morgan fingerprint density at radius 2 is 1.94 bits per heavy atom. The van der Waals surface area contributed by atoms with E-state index in [1.54, 1.807) is 0 Å². The summed E-state index contributed by atoms with van der Waals surface area (Å²) in [6, 6.07) is 0. The Morgan fingerprint density at radius 1 is 1.31 bits per heavy atom. The van der Waals surface area contributed by atoms with Crippen molar-refractivity contribution in [2.45, 2.75) is 25.7 Å². The highest BCUT2D eigenvalue weighted by atomic mass is 16.4. The largest absolute Gasteiger partial charge is 0.481 e. The first-order chi connectivity index (χ1) is 7.64. The fraction of sp³-hybridized carbons (Fsp3) is 0.818. The molecular weight excluding hydrogens is 208 g/mol. The molecule has 0 aromatic carbocycles. The van der Waals surface area contributed by atoms with Gasteiger partial charge >= 0.3 is 5.97 Å². The molecule has 1 heterocycles. The van der Waals surface area contributed by atoms with E-state index in [2.05, 4.69) is 10.6 Å². The van der Waals surface area contributed by atoms with Crippen LogP contribution in [-0.4, -0.2) is 36.6 Å². The predicted octanol–water partition coefficient (Wildman–Crippen LogP) is -0.0330. The summed E-state index contributed by atoms with van der Waals surface area (Å²) >= 11 is 0. The first kappa shape index (κ1) is 11.4. The molecule has 0 atom stereocenters. The quantitative estimate of drug-likeness (QED) is 0.629. The van der Waals surface area contributed by atoms with E-state index in [1.807, 2.05) is 0 Å². The molecule has 0 aromatic rings. The minimum absolute atomic E-state index is 0.00808. The fourth-order valence-corrected chi connectivity index (χ4v) is 2.39. The van der Waals surface area contributed by atoms with Crippen molar-refractivity contribution >= 4 is 11.9 Å². The Bertz CT molecular complexity index is 294. The van der Waals surface area contributed by atoms with Crippen LogP contribution in [0.2, 0.25) is 0 Å². The summed E-state index contributed by atoms with van der Waals surface area (Å²) in [6.07, 6.45) is 3.28. The van der Waals surface area contributed by atoms with Gasteiger partial charge in [0.2, 0.25) is 5.91 Å². The number of hydrogen-bond donors (Lipinski definition) is 3. The third-order valence-corrected chi connectivity index (χ3v) is 3.77. The van der Waals surface area contributed by atoms with Crippen molar-refractivity contribution in [2.75, 3.05) is 19.6 Å². The maximum atomic E-state index is 11.6. The van der Waals surface area contributed by atoms with Gasteiger partial charge in [0.1, 0.15) is 0 Å². The third-order valence-electron chi connectivity index (χ3n) is 3.77. The molecule has 2 fully saturated rings. The summed E-state index contributed by atoms with van der Waals surface area (Å²) in [5.41, 5.74) is -0.702. The lowest BCUT2D eigenvalue weighted by Crippen LogP contribution is -2.53. The zero-order valence-electron chi connectivity index (χ0n) is 9.29. The molecule has 0 bridgehead atoms. The van der Waals surface area contributed by atoms with E-state index in [1.165, 1.54) is 0 Å². The van der Waals surface area contributed by atoms with Crippen molar-refractivity contribution in [1.82, 2.24) is 10.6 Å². The van der Waals surface area contributed by atoms with E-state index < -0.39 is 11.4 Å². The van der Waals surface area contributed by atoms with Crippen LogP contribution >= 0.6 is 0 Å². The van der Waals surface area contributed by atoms with Crippen LogP contribution in [0.15, 0.2) is 0 Å². The second-order valence-corrected chi connectivity index (χ2v) is 4.87. The maximum Gasteiger partial charge on any atom is 0.311 e. The zero-order valence-corrected chi connectivity index (χ0v) is 9.29. The molecule has 2 aliphatic rings. The number of amides is 1. The van der Waals surface area contributed by atoms with Gasteiger partial charge in [0.15, 0.2) is 0 Å². The van der Waals surface area contributed by atoms with Gasteiger partial charge in [-0.3, -0.25) is 9.59 Å². The normalized spacial score (nSPS) is 23.8. The molecule has 1 amide bonds. The smallest absolute Gasteiger partial charge is 0.311 e. The average Bonchev–Trinajstić information content (AvgIpc) is 2.61. The number of carbonyl (C=O) groups is 2. The monoisotopic (exact) mass is 226 g/mol. The molecule has 1 aliphatic carbocycles. The van der Waals surface area contributed by atoms with E-state index >= 15 is 0 Å². The van der Waals surface area contributed by atoms with E-state index in [-0.39, 0.29) is 18.4 Å². The van der Waals surface area contributed by atoms with Crippen LogP contribution in [0.4, 0.5) is 0 Å². The Balaban J connectivity index is 1.86. The van der Waals surface area contributed by atoms with Crippen molar-refractivity contribution in [2.24, 2.45) is 11.3 Å².